The number of nitrogens with one attached hydrogen (secondary N) is 2. The van der Waals surface area contributed by atoms with Gasteiger partial charge in [0, 0.05) is 29.6 Å². The van der Waals surface area contributed by atoms with Crippen molar-refractivity contribution < 1.29 is 24.0 Å². The Kier molecular flexibility index (Phi) is 5.26. The van der Waals surface area contributed by atoms with Crippen LogP contribution >= 0.6 is 0 Å². The molecule has 150 valence electrons. The summed E-state index contributed by atoms with van der Waals surface area (Å²) in [6.07, 6.45) is 2.91. The summed E-state index contributed by atoms with van der Waals surface area (Å²) in [7, 11) is 0. The first-order chi connectivity index (χ1) is 13.8. The van der Waals surface area contributed by atoms with Gasteiger partial charge in [0.1, 0.15) is 5.69 Å². The van der Waals surface area contributed by atoms with Gasteiger partial charge in [-0.05, 0) is 31.5 Å². The van der Waals surface area contributed by atoms with E-state index in [1.165, 1.54) is 30.6 Å². The summed E-state index contributed by atoms with van der Waals surface area (Å²) >= 11 is 0. The van der Waals surface area contributed by atoms with E-state index in [-0.39, 0.29) is 35.5 Å². The number of benzene rings is 1. The highest BCUT2D eigenvalue weighted by atomic mass is 16.6. The molecule has 0 aliphatic carbocycles. The van der Waals surface area contributed by atoms with Crippen LogP contribution in [0.3, 0.4) is 0 Å². The molecule has 0 saturated carbocycles. The number of nitro benzene ring substituents is 1. The molecule has 10 nitrogen and oxygen atoms in total. The second-order valence-electron chi connectivity index (χ2n) is 6.30. The maximum absolute atomic E-state index is 12.7. The largest absolute Gasteiger partial charge is 0.465 e. The lowest BCUT2D eigenvalue weighted by molar-refractivity contribution is -0.383. The average Bonchev–Trinajstić information content (AvgIpc) is 2.99. The first-order valence-corrected chi connectivity index (χ1v) is 8.88. The molecule has 1 aromatic carbocycles. The molecule has 0 fully saturated rings. The van der Waals surface area contributed by atoms with Crippen molar-refractivity contribution in [1.82, 2.24) is 4.98 Å². The number of hydrogen-bond acceptors (Lipinski definition) is 7. The Bertz CT molecular complexity index is 1010. The maximum Gasteiger partial charge on any atom is 0.326 e. The van der Waals surface area contributed by atoms with Crippen molar-refractivity contribution in [3.63, 3.8) is 0 Å². The van der Waals surface area contributed by atoms with Crippen molar-refractivity contribution in [3.8, 4) is 0 Å². The molecule has 0 bridgehead atoms. The van der Waals surface area contributed by atoms with Crippen LogP contribution in [0, 0.1) is 10.1 Å². The summed E-state index contributed by atoms with van der Waals surface area (Å²) in [5, 5.41) is 16.5. The van der Waals surface area contributed by atoms with Crippen LogP contribution in [0.1, 0.15) is 36.2 Å². The second kappa shape index (κ2) is 7.66. The van der Waals surface area contributed by atoms with Crippen molar-refractivity contribution >= 4 is 34.8 Å². The maximum atomic E-state index is 12.7. The van der Waals surface area contributed by atoms with Gasteiger partial charge in [-0.15, -0.1) is 0 Å². The third-order valence-electron chi connectivity index (χ3n) is 4.77. The van der Waals surface area contributed by atoms with Crippen molar-refractivity contribution in [3.05, 3.63) is 57.9 Å². The number of fused-ring (bicyclic) bond motifs is 1. The van der Waals surface area contributed by atoms with E-state index >= 15 is 0 Å². The Morgan fingerprint density at radius 3 is 2.55 bits per heavy atom. The smallest absolute Gasteiger partial charge is 0.326 e. The molecule has 2 aromatic rings. The van der Waals surface area contributed by atoms with Gasteiger partial charge in [-0.25, -0.2) is 0 Å². The third-order valence-corrected chi connectivity index (χ3v) is 4.77. The van der Waals surface area contributed by atoms with Gasteiger partial charge in [-0.2, -0.15) is 0 Å². The van der Waals surface area contributed by atoms with Crippen LogP contribution in [0.2, 0.25) is 0 Å². The minimum absolute atomic E-state index is 0.0712. The fourth-order valence-electron chi connectivity index (χ4n) is 3.30. The molecule has 1 atom stereocenters. The molecule has 0 saturated heterocycles. The van der Waals surface area contributed by atoms with Crippen molar-refractivity contribution in [1.29, 1.82) is 0 Å². The lowest BCUT2D eigenvalue weighted by Crippen LogP contribution is -2.43. The van der Waals surface area contributed by atoms with Crippen LogP contribution in [0.4, 0.5) is 17.1 Å². The van der Waals surface area contributed by atoms with Crippen molar-refractivity contribution in [2.24, 2.45) is 0 Å². The predicted molar refractivity (Wildman–Crippen MR) is 103 cm³/mol. The topological polar surface area (TPSA) is 141 Å². The minimum atomic E-state index is -1.64. The first kappa shape index (κ1) is 19.9. The van der Waals surface area contributed by atoms with Crippen LogP contribution in [-0.2, 0) is 19.7 Å². The number of carbonyl (C=O) groups is 3. The van der Waals surface area contributed by atoms with E-state index in [1.54, 1.807) is 13.8 Å². The number of amides is 2. The zero-order valence-corrected chi connectivity index (χ0v) is 15.7. The van der Waals surface area contributed by atoms with E-state index in [9.17, 15) is 24.5 Å². The van der Waals surface area contributed by atoms with Gasteiger partial charge in [-0.1, -0.05) is 6.92 Å². The number of aromatic nitrogens is 1. The summed E-state index contributed by atoms with van der Waals surface area (Å²) in [6, 6.07) is 5.32. The number of anilines is 2. The van der Waals surface area contributed by atoms with Gasteiger partial charge in [0.05, 0.1) is 17.2 Å². The van der Waals surface area contributed by atoms with Crippen LogP contribution in [0.15, 0.2) is 36.7 Å². The van der Waals surface area contributed by atoms with E-state index in [2.05, 4.69) is 15.6 Å². The normalized spacial score (nSPS) is 17.2. The SMILES string of the molecule is CCOC(=O)C1(CC)C(=O)Nc2cc([N+](=O)[O-])c(NC(=O)c3ccncc3)cc21. The Labute approximate surface area is 165 Å². The molecular weight excluding hydrogens is 380 g/mol. The summed E-state index contributed by atoms with van der Waals surface area (Å²) in [6.45, 7) is 3.33. The van der Waals surface area contributed by atoms with Crippen LogP contribution in [0.25, 0.3) is 0 Å². The Hall–Kier alpha value is -3.82. The molecule has 0 spiro atoms. The zero-order valence-electron chi connectivity index (χ0n) is 15.7. The van der Waals surface area contributed by atoms with Crippen LogP contribution in [-0.4, -0.2) is 34.3 Å². The standard InChI is InChI=1S/C19H18N4O6/c1-3-19(18(26)29-4-2)12-9-14(21-16(24)11-5-7-20-8-6-11)15(23(27)28)10-13(12)22-17(19)25/h5-10H,3-4H2,1-2H3,(H,21,24)(H,22,25). The van der Waals surface area contributed by atoms with E-state index in [4.69, 9.17) is 4.74 Å². The molecular formula is C19H18N4O6. The molecule has 1 aliphatic heterocycles. The summed E-state index contributed by atoms with van der Waals surface area (Å²) in [5.74, 6) is -1.97. The molecule has 10 heteroatoms. The number of carbonyl (C=O) groups excluding carboxylic acids is 3. The molecule has 1 unspecified atom stereocenters. The Morgan fingerprint density at radius 2 is 1.97 bits per heavy atom. The van der Waals surface area contributed by atoms with Gasteiger partial charge in [0.15, 0.2) is 5.41 Å². The summed E-state index contributed by atoms with van der Waals surface area (Å²) in [5.41, 5.74) is -1.58. The third kappa shape index (κ3) is 3.28. The molecule has 2 amide bonds. The van der Waals surface area contributed by atoms with E-state index in [1.807, 2.05) is 0 Å². The lowest BCUT2D eigenvalue weighted by atomic mass is 9.79. The molecule has 3 rings (SSSR count). The molecule has 2 N–H and O–H groups in total. The number of pyridine rings is 1. The van der Waals surface area contributed by atoms with Crippen molar-refractivity contribution in [2.45, 2.75) is 25.7 Å². The summed E-state index contributed by atoms with van der Waals surface area (Å²) in [4.78, 5) is 52.5. The number of esters is 1. The minimum Gasteiger partial charge on any atom is -0.465 e. The van der Waals surface area contributed by atoms with E-state index in [0.29, 0.717) is 0 Å². The predicted octanol–water partition coefficient (Wildman–Crippen LogP) is 2.41. The van der Waals surface area contributed by atoms with Crippen LogP contribution in [0.5, 0.6) is 0 Å². The number of nitrogens with zero attached hydrogens (tertiary/aromatic N) is 2. The zero-order chi connectivity index (χ0) is 21.2. The fourth-order valence-corrected chi connectivity index (χ4v) is 3.30. The molecule has 1 aliphatic rings. The van der Waals surface area contributed by atoms with Gasteiger partial charge >= 0.3 is 5.97 Å². The van der Waals surface area contributed by atoms with Gasteiger partial charge in [-0.3, -0.25) is 29.5 Å². The van der Waals surface area contributed by atoms with Gasteiger partial charge in [0.25, 0.3) is 11.6 Å². The number of ether oxygens (including phenoxy) is 1. The van der Waals surface area contributed by atoms with E-state index in [0.717, 1.165) is 6.07 Å². The summed E-state index contributed by atoms with van der Waals surface area (Å²) < 4.78 is 5.09. The monoisotopic (exact) mass is 398 g/mol. The van der Waals surface area contributed by atoms with Crippen molar-refractivity contribution in [2.75, 3.05) is 17.2 Å². The highest BCUT2D eigenvalue weighted by Crippen LogP contribution is 2.45. The van der Waals surface area contributed by atoms with Crippen LogP contribution < -0.4 is 10.6 Å². The molecule has 29 heavy (non-hydrogen) atoms. The van der Waals surface area contributed by atoms with Gasteiger partial charge in [0.2, 0.25) is 5.91 Å². The number of nitro groups is 1. The number of rotatable bonds is 6. The quantitative estimate of drug-likeness (QED) is 0.329. The second-order valence-corrected chi connectivity index (χ2v) is 6.30. The lowest BCUT2D eigenvalue weighted by Gasteiger charge is -2.23. The average molecular weight is 398 g/mol. The fraction of sp³-hybridized carbons (Fsp3) is 0.263. The van der Waals surface area contributed by atoms with E-state index < -0.39 is 33.8 Å². The van der Waals surface area contributed by atoms with Gasteiger partial charge < -0.3 is 15.4 Å². The Balaban J connectivity index is 2.12. The Morgan fingerprint density at radius 1 is 1.28 bits per heavy atom. The molecule has 0 radical (unpaired) electrons. The molecule has 2 heterocycles. The molecule has 1 aromatic heterocycles. The highest BCUT2D eigenvalue weighted by molar-refractivity contribution is 6.20. The first-order valence-electron chi connectivity index (χ1n) is 8.88. The number of hydrogen-bond donors (Lipinski definition) is 2. The highest BCUT2D eigenvalue weighted by Gasteiger charge is 2.53.